The molecule has 2 aliphatic rings. The number of nitrogens with one attached hydrogen (secondary N) is 1. The molecule has 1 saturated carbocycles. The maximum Gasteiger partial charge on any atom is 0.418 e. The molecule has 2 aromatic carbocycles. The van der Waals surface area contributed by atoms with Crippen LogP contribution in [0.1, 0.15) is 86.6 Å². The van der Waals surface area contributed by atoms with Gasteiger partial charge in [0.25, 0.3) is 6.43 Å². The summed E-state index contributed by atoms with van der Waals surface area (Å²) < 4.78 is 69.8. The van der Waals surface area contributed by atoms with Gasteiger partial charge in [-0.3, -0.25) is 0 Å². The van der Waals surface area contributed by atoms with Crippen LogP contribution in [0, 0.1) is 5.92 Å². The number of nitrogens with zero attached hydrogens (tertiary/aromatic N) is 2. The van der Waals surface area contributed by atoms with Gasteiger partial charge in [0.1, 0.15) is 0 Å². The fourth-order valence-corrected chi connectivity index (χ4v) is 6.09. The first-order valence-electron chi connectivity index (χ1n) is 12.8. The molecule has 5 rings (SSSR count). The van der Waals surface area contributed by atoms with Crippen molar-refractivity contribution in [1.29, 1.82) is 0 Å². The lowest BCUT2D eigenvalue weighted by atomic mass is 9.81. The Morgan fingerprint density at radius 3 is 2.39 bits per heavy atom. The van der Waals surface area contributed by atoms with E-state index in [4.69, 9.17) is 0 Å². The van der Waals surface area contributed by atoms with Crippen LogP contribution in [0.5, 0.6) is 0 Å². The van der Waals surface area contributed by atoms with E-state index in [0.29, 0.717) is 29.8 Å². The number of hydrogen-bond donors (Lipinski definition) is 1. The number of halogens is 5. The van der Waals surface area contributed by atoms with Crippen LogP contribution in [0.15, 0.2) is 42.7 Å². The smallest absolute Gasteiger partial charge is 0.327 e. The molecule has 1 aliphatic heterocycles. The Morgan fingerprint density at radius 2 is 1.75 bits per heavy atom. The van der Waals surface area contributed by atoms with Gasteiger partial charge in [-0.1, -0.05) is 31.2 Å². The van der Waals surface area contributed by atoms with Crippen molar-refractivity contribution in [3.63, 3.8) is 0 Å². The number of benzene rings is 2. The number of imidazole rings is 1. The summed E-state index contributed by atoms with van der Waals surface area (Å²) in [7, 11) is 0. The molecule has 1 N–H and O–H groups in total. The van der Waals surface area contributed by atoms with E-state index in [0.717, 1.165) is 31.2 Å². The lowest BCUT2D eigenvalue weighted by Gasteiger charge is -2.35. The fourth-order valence-electron chi connectivity index (χ4n) is 6.09. The van der Waals surface area contributed by atoms with Gasteiger partial charge in [-0.15, -0.1) is 0 Å². The number of alkyl halides is 5. The average molecular weight is 506 g/mol. The highest BCUT2D eigenvalue weighted by atomic mass is 19.4. The predicted octanol–water partition coefficient (Wildman–Crippen LogP) is 7.82. The number of hydrogen-bond acceptors (Lipinski definition) is 2. The Morgan fingerprint density at radius 1 is 1.03 bits per heavy atom. The number of piperidine rings is 1. The summed E-state index contributed by atoms with van der Waals surface area (Å²) in [6.07, 6.45) is -0.699. The summed E-state index contributed by atoms with van der Waals surface area (Å²) in [6, 6.07) is 10.1. The number of rotatable bonds is 6. The molecule has 2 fully saturated rings. The summed E-state index contributed by atoms with van der Waals surface area (Å²) in [6.45, 7) is 4.20. The Labute approximate surface area is 208 Å². The molecule has 3 nitrogen and oxygen atoms in total. The normalized spacial score (nSPS) is 26.9. The van der Waals surface area contributed by atoms with E-state index in [-0.39, 0.29) is 35.1 Å². The minimum Gasteiger partial charge on any atom is -0.327 e. The van der Waals surface area contributed by atoms with Crippen LogP contribution >= 0.6 is 0 Å². The van der Waals surface area contributed by atoms with Crippen LogP contribution in [0.4, 0.5) is 22.0 Å². The molecule has 3 unspecified atom stereocenters. The number of aromatic nitrogens is 2. The van der Waals surface area contributed by atoms with E-state index >= 15 is 0 Å². The molecular formula is C28H32F5N3. The molecule has 0 spiro atoms. The molecule has 1 saturated heterocycles. The van der Waals surface area contributed by atoms with Crippen LogP contribution in [0.2, 0.25) is 0 Å². The van der Waals surface area contributed by atoms with E-state index in [2.05, 4.69) is 24.1 Å². The average Bonchev–Trinajstić information content (AvgIpc) is 3.22. The number of aryl methyl sites for hydroxylation is 1. The minimum absolute atomic E-state index is 0.0161. The summed E-state index contributed by atoms with van der Waals surface area (Å²) in [5.74, 6) is 0.754. The highest BCUT2D eigenvalue weighted by Crippen LogP contribution is 2.43. The van der Waals surface area contributed by atoms with Crippen molar-refractivity contribution in [2.45, 2.75) is 89.0 Å². The van der Waals surface area contributed by atoms with Crippen molar-refractivity contribution in [1.82, 2.24) is 14.9 Å². The molecule has 2 heterocycles. The van der Waals surface area contributed by atoms with Gasteiger partial charge in [0.2, 0.25) is 0 Å². The van der Waals surface area contributed by atoms with E-state index in [1.807, 2.05) is 0 Å². The van der Waals surface area contributed by atoms with Gasteiger partial charge in [-0.25, -0.2) is 13.8 Å². The Hall–Kier alpha value is -2.48. The second-order valence-electron chi connectivity index (χ2n) is 10.8. The van der Waals surface area contributed by atoms with Gasteiger partial charge in [0.15, 0.2) is 0 Å². The van der Waals surface area contributed by atoms with E-state index < -0.39 is 18.2 Å². The standard InChI is InChI=1S/C28H32F5N3/c1-16-9-23(10-16)36-15-34-25-13-18(12-24(26(25)36)28(31,32)33)3-8-22-14-21(11-17(2)35-22)19-4-6-20(7-5-19)27(29)30/h4-7,12-13,15-17,21-23,27,35H,3,8-11,14H2,1-2H3. The lowest BCUT2D eigenvalue weighted by molar-refractivity contribution is -0.136. The van der Waals surface area contributed by atoms with Crippen LogP contribution in [0.25, 0.3) is 11.0 Å². The lowest BCUT2D eigenvalue weighted by Crippen LogP contribution is -2.43. The summed E-state index contributed by atoms with van der Waals surface area (Å²) in [4.78, 5) is 4.35. The Kier molecular flexibility index (Phi) is 6.83. The van der Waals surface area contributed by atoms with Gasteiger partial charge in [-0.2, -0.15) is 13.2 Å². The first kappa shape index (κ1) is 25.2. The Balaban J connectivity index is 1.32. The molecule has 0 bridgehead atoms. The second kappa shape index (κ2) is 9.77. The molecule has 1 aromatic heterocycles. The van der Waals surface area contributed by atoms with Gasteiger partial charge in [-0.05, 0) is 80.5 Å². The van der Waals surface area contributed by atoms with Crippen molar-refractivity contribution in [2.24, 2.45) is 5.92 Å². The maximum atomic E-state index is 14.1. The number of fused-ring (bicyclic) bond motifs is 1. The highest BCUT2D eigenvalue weighted by Gasteiger charge is 2.37. The van der Waals surface area contributed by atoms with Crippen molar-refractivity contribution in [3.8, 4) is 0 Å². The molecule has 3 atom stereocenters. The zero-order valence-corrected chi connectivity index (χ0v) is 20.5. The topological polar surface area (TPSA) is 29.9 Å². The second-order valence-corrected chi connectivity index (χ2v) is 10.8. The quantitative estimate of drug-likeness (QED) is 0.346. The van der Waals surface area contributed by atoms with Gasteiger partial charge >= 0.3 is 6.18 Å². The summed E-state index contributed by atoms with van der Waals surface area (Å²) in [5.41, 5.74) is 1.69. The molecule has 8 heteroatoms. The highest BCUT2D eigenvalue weighted by molar-refractivity contribution is 5.81. The summed E-state index contributed by atoms with van der Waals surface area (Å²) in [5, 5.41) is 3.57. The predicted molar refractivity (Wildman–Crippen MR) is 130 cm³/mol. The molecule has 36 heavy (non-hydrogen) atoms. The van der Waals surface area contributed by atoms with Gasteiger partial charge in [0.05, 0.1) is 22.9 Å². The molecule has 3 aromatic rings. The van der Waals surface area contributed by atoms with Crippen LogP contribution < -0.4 is 5.32 Å². The van der Waals surface area contributed by atoms with Crippen molar-refractivity contribution >= 4 is 11.0 Å². The molecule has 1 aliphatic carbocycles. The Bertz CT molecular complexity index is 1190. The first-order chi connectivity index (χ1) is 17.1. The van der Waals surface area contributed by atoms with Crippen molar-refractivity contribution in [2.75, 3.05) is 0 Å². The monoisotopic (exact) mass is 505 g/mol. The third kappa shape index (κ3) is 5.15. The molecule has 0 radical (unpaired) electrons. The van der Waals surface area contributed by atoms with Crippen LogP contribution in [0.3, 0.4) is 0 Å². The third-order valence-electron chi connectivity index (χ3n) is 7.95. The maximum absolute atomic E-state index is 14.1. The van der Waals surface area contributed by atoms with Gasteiger partial charge in [0, 0.05) is 23.7 Å². The fraction of sp³-hybridized carbons (Fsp3) is 0.536. The van der Waals surface area contributed by atoms with Crippen LogP contribution in [-0.4, -0.2) is 21.6 Å². The SMILES string of the molecule is CC1CC(n2cnc3cc(CCC4CC(c5ccc(C(F)F)cc5)CC(C)N4)cc(C(F)(F)F)c32)C1. The van der Waals surface area contributed by atoms with Gasteiger partial charge < -0.3 is 9.88 Å². The first-order valence-corrected chi connectivity index (χ1v) is 12.8. The van der Waals surface area contributed by atoms with E-state index in [1.165, 1.54) is 18.2 Å². The molecular weight excluding hydrogens is 473 g/mol. The largest absolute Gasteiger partial charge is 0.418 e. The van der Waals surface area contributed by atoms with E-state index in [1.54, 1.807) is 29.1 Å². The van der Waals surface area contributed by atoms with Crippen molar-refractivity contribution < 1.29 is 22.0 Å². The van der Waals surface area contributed by atoms with Crippen LogP contribution in [-0.2, 0) is 12.6 Å². The molecule has 0 amide bonds. The minimum atomic E-state index is -4.45. The van der Waals surface area contributed by atoms with E-state index in [9.17, 15) is 22.0 Å². The summed E-state index contributed by atoms with van der Waals surface area (Å²) >= 11 is 0. The third-order valence-corrected chi connectivity index (χ3v) is 7.95. The zero-order chi connectivity index (χ0) is 25.6. The van der Waals surface area contributed by atoms with Crippen molar-refractivity contribution in [3.05, 3.63) is 65.0 Å². The molecule has 194 valence electrons. The zero-order valence-electron chi connectivity index (χ0n) is 20.5.